The van der Waals surface area contributed by atoms with Crippen molar-refractivity contribution in [3.8, 4) is 5.75 Å². The third-order valence-corrected chi connectivity index (χ3v) is 4.99. The molecule has 1 amide bonds. The van der Waals surface area contributed by atoms with Crippen LogP contribution in [0.1, 0.15) is 70.6 Å². The molecule has 0 saturated carbocycles. The van der Waals surface area contributed by atoms with Crippen LogP contribution in [0.25, 0.3) is 0 Å². The van der Waals surface area contributed by atoms with Crippen LogP contribution in [0.5, 0.6) is 5.75 Å². The van der Waals surface area contributed by atoms with Gasteiger partial charge in [0.1, 0.15) is 5.75 Å². The maximum Gasteiger partial charge on any atom is 0.260 e. The molecule has 0 saturated heterocycles. The summed E-state index contributed by atoms with van der Waals surface area (Å²) in [7, 11) is 0. The molecule has 28 heavy (non-hydrogen) atoms. The van der Waals surface area contributed by atoms with E-state index >= 15 is 0 Å². The topological polar surface area (TPSA) is 38.3 Å². The zero-order chi connectivity index (χ0) is 20.7. The summed E-state index contributed by atoms with van der Waals surface area (Å²) in [4.78, 5) is 12.3. The first kappa shape index (κ1) is 22.0. The molecule has 0 spiro atoms. The fraction of sp³-hybridized carbons (Fsp3) is 0.480. The van der Waals surface area contributed by atoms with Gasteiger partial charge in [0.05, 0.1) is 0 Å². The summed E-state index contributed by atoms with van der Waals surface area (Å²) in [5.41, 5.74) is 4.02. The molecule has 3 nitrogen and oxygen atoms in total. The van der Waals surface area contributed by atoms with Crippen molar-refractivity contribution in [2.75, 3.05) is 6.54 Å². The Morgan fingerprint density at radius 3 is 2.11 bits per heavy atom. The van der Waals surface area contributed by atoms with Crippen LogP contribution in [0.3, 0.4) is 0 Å². The van der Waals surface area contributed by atoms with E-state index in [0.29, 0.717) is 12.5 Å². The Morgan fingerprint density at radius 2 is 1.57 bits per heavy atom. The summed E-state index contributed by atoms with van der Waals surface area (Å²) in [6.45, 7) is 13.4. The maximum atomic E-state index is 12.3. The number of aryl methyl sites for hydroxylation is 1. The average molecular weight is 382 g/mol. The molecule has 0 fully saturated rings. The van der Waals surface area contributed by atoms with Gasteiger partial charge in [-0.2, -0.15) is 0 Å². The third-order valence-electron chi connectivity index (χ3n) is 4.99. The molecule has 0 radical (unpaired) electrons. The highest BCUT2D eigenvalue weighted by molar-refractivity contribution is 5.80. The molecule has 0 aromatic heterocycles. The second kappa shape index (κ2) is 9.77. The number of rotatable bonds is 8. The molecule has 0 aliphatic rings. The average Bonchev–Trinajstić information content (AvgIpc) is 2.65. The van der Waals surface area contributed by atoms with Crippen molar-refractivity contribution in [2.24, 2.45) is 0 Å². The van der Waals surface area contributed by atoms with E-state index in [1.54, 1.807) is 6.92 Å². The van der Waals surface area contributed by atoms with Gasteiger partial charge in [-0.05, 0) is 59.9 Å². The van der Waals surface area contributed by atoms with Crippen LogP contribution in [-0.2, 0) is 16.6 Å². The maximum absolute atomic E-state index is 12.3. The lowest BCUT2D eigenvalue weighted by atomic mass is 9.87. The van der Waals surface area contributed by atoms with Gasteiger partial charge in [-0.15, -0.1) is 0 Å². The Labute approximate surface area is 170 Å². The molecule has 0 unspecified atom stereocenters. The van der Waals surface area contributed by atoms with E-state index in [4.69, 9.17) is 4.74 Å². The highest BCUT2D eigenvalue weighted by Gasteiger charge is 2.16. The molecule has 1 N–H and O–H groups in total. The molecule has 0 heterocycles. The lowest BCUT2D eigenvalue weighted by Crippen LogP contribution is -2.36. The van der Waals surface area contributed by atoms with Crippen molar-refractivity contribution >= 4 is 5.91 Å². The van der Waals surface area contributed by atoms with Gasteiger partial charge in [-0.3, -0.25) is 4.79 Å². The van der Waals surface area contributed by atoms with E-state index in [-0.39, 0.29) is 11.3 Å². The molecule has 2 rings (SSSR count). The SMILES string of the molecule is CC(C)c1ccc(CCCNC(=O)[C@H](C)Oc2ccc(C(C)(C)C)cc2)cc1. The standard InChI is InChI=1S/C25H35NO2/c1-18(2)21-11-9-20(10-12-21)8-7-17-26-24(27)19(3)28-23-15-13-22(14-16-23)25(4,5)6/h9-16,18-19H,7-8,17H2,1-6H3,(H,26,27)/t19-/m0/s1. The summed E-state index contributed by atoms with van der Waals surface area (Å²) >= 11 is 0. The van der Waals surface area contributed by atoms with Crippen molar-refractivity contribution in [3.63, 3.8) is 0 Å². The van der Waals surface area contributed by atoms with Crippen LogP contribution in [0.15, 0.2) is 48.5 Å². The van der Waals surface area contributed by atoms with Gasteiger partial charge in [0, 0.05) is 6.54 Å². The minimum Gasteiger partial charge on any atom is -0.481 e. The predicted molar refractivity (Wildman–Crippen MR) is 117 cm³/mol. The number of benzene rings is 2. The number of carbonyl (C=O) groups excluding carboxylic acids is 1. The fourth-order valence-corrected chi connectivity index (χ4v) is 3.01. The predicted octanol–water partition coefficient (Wildman–Crippen LogP) is 5.62. The minimum absolute atomic E-state index is 0.0740. The van der Waals surface area contributed by atoms with E-state index in [0.717, 1.165) is 18.6 Å². The first-order chi connectivity index (χ1) is 13.2. The Morgan fingerprint density at radius 1 is 0.964 bits per heavy atom. The number of ether oxygens (including phenoxy) is 1. The summed E-state index contributed by atoms with van der Waals surface area (Å²) in [5, 5.41) is 2.97. The fourth-order valence-electron chi connectivity index (χ4n) is 3.01. The van der Waals surface area contributed by atoms with Crippen molar-refractivity contribution in [3.05, 3.63) is 65.2 Å². The van der Waals surface area contributed by atoms with Crippen molar-refractivity contribution in [1.29, 1.82) is 0 Å². The largest absolute Gasteiger partial charge is 0.481 e. The molecule has 0 aliphatic carbocycles. The van der Waals surface area contributed by atoms with Crippen LogP contribution in [0, 0.1) is 0 Å². The van der Waals surface area contributed by atoms with Crippen molar-refractivity contribution in [1.82, 2.24) is 5.32 Å². The smallest absolute Gasteiger partial charge is 0.260 e. The molecular weight excluding hydrogens is 346 g/mol. The molecule has 0 aliphatic heterocycles. The Kier molecular flexibility index (Phi) is 7.68. The van der Waals surface area contributed by atoms with Crippen LogP contribution in [0.4, 0.5) is 0 Å². The van der Waals surface area contributed by atoms with Crippen molar-refractivity contribution < 1.29 is 9.53 Å². The van der Waals surface area contributed by atoms with Gasteiger partial charge < -0.3 is 10.1 Å². The highest BCUT2D eigenvalue weighted by atomic mass is 16.5. The minimum atomic E-state index is -0.509. The van der Waals surface area contributed by atoms with Gasteiger partial charge in [-0.25, -0.2) is 0 Å². The monoisotopic (exact) mass is 381 g/mol. The number of amides is 1. The molecule has 2 aromatic carbocycles. The van der Waals surface area contributed by atoms with E-state index in [1.165, 1.54) is 16.7 Å². The summed E-state index contributed by atoms with van der Waals surface area (Å²) in [5.74, 6) is 1.20. The van der Waals surface area contributed by atoms with E-state index < -0.39 is 6.10 Å². The van der Waals surface area contributed by atoms with E-state index in [9.17, 15) is 4.79 Å². The number of nitrogens with one attached hydrogen (secondary N) is 1. The van der Waals surface area contributed by atoms with Crippen molar-refractivity contribution in [2.45, 2.75) is 71.8 Å². The first-order valence-corrected chi connectivity index (χ1v) is 10.3. The highest BCUT2D eigenvalue weighted by Crippen LogP contribution is 2.24. The third kappa shape index (κ3) is 6.70. The normalized spacial score (nSPS) is 12.7. The molecule has 152 valence electrons. The molecular formula is C25H35NO2. The summed E-state index contributed by atoms with van der Waals surface area (Å²) in [6.07, 6.45) is 1.37. The first-order valence-electron chi connectivity index (χ1n) is 10.3. The molecule has 0 bridgehead atoms. The zero-order valence-electron chi connectivity index (χ0n) is 18.2. The van der Waals surface area contributed by atoms with E-state index in [1.807, 2.05) is 12.1 Å². The quantitative estimate of drug-likeness (QED) is 0.602. The van der Waals surface area contributed by atoms with Crippen LogP contribution >= 0.6 is 0 Å². The summed E-state index contributed by atoms with van der Waals surface area (Å²) < 4.78 is 5.78. The van der Waals surface area contributed by atoms with Gasteiger partial charge >= 0.3 is 0 Å². The Hall–Kier alpha value is -2.29. The molecule has 3 heteroatoms. The number of hydrogen-bond donors (Lipinski definition) is 1. The van der Waals surface area contributed by atoms with Gasteiger partial charge in [0.25, 0.3) is 5.91 Å². The lowest BCUT2D eigenvalue weighted by Gasteiger charge is -2.20. The number of carbonyl (C=O) groups is 1. The zero-order valence-corrected chi connectivity index (χ0v) is 18.2. The number of hydrogen-bond acceptors (Lipinski definition) is 2. The summed E-state index contributed by atoms with van der Waals surface area (Å²) in [6, 6.07) is 16.7. The lowest BCUT2D eigenvalue weighted by molar-refractivity contribution is -0.127. The van der Waals surface area contributed by atoms with Crippen LogP contribution < -0.4 is 10.1 Å². The Balaban J connectivity index is 1.73. The van der Waals surface area contributed by atoms with Gasteiger partial charge in [-0.1, -0.05) is 71.0 Å². The second-order valence-electron chi connectivity index (χ2n) is 8.83. The second-order valence-corrected chi connectivity index (χ2v) is 8.83. The van der Waals surface area contributed by atoms with E-state index in [2.05, 4.69) is 76.3 Å². The molecule has 1 atom stereocenters. The van der Waals surface area contributed by atoms with Gasteiger partial charge in [0.15, 0.2) is 6.10 Å². The molecule has 2 aromatic rings. The van der Waals surface area contributed by atoms with Gasteiger partial charge in [0.2, 0.25) is 0 Å². The van der Waals surface area contributed by atoms with Crippen LogP contribution in [0.2, 0.25) is 0 Å². The van der Waals surface area contributed by atoms with Crippen LogP contribution in [-0.4, -0.2) is 18.6 Å². The Bertz CT molecular complexity index is 740.